The van der Waals surface area contributed by atoms with Gasteiger partial charge in [-0.25, -0.2) is 4.57 Å². The normalized spacial score (nSPS) is 14.4. The highest BCUT2D eigenvalue weighted by molar-refractivity contribution is 7.47. The van der Waals surface area contributed by atoms with Gasteiger partial charge in [-0.2, -0.15) is 0 Å². The molecular weight excluding hydrogens is 1000 g/mol. The van der Waals surface area contributed by atoms with Gasteiger partial charge in [0.05, 0.1) is 19.8 Å². The van der Waals surface area contributed by atoms with Gasteiger partial charge in [0, 0.05) is 19.3 Å². The molecule has 12 heteroatoms. The van der Waals surface area contributed by atoms with E-state index in [0.717, 1.165) is 141 Å². The lowest BCUT2D eigenvalue weighted by molar-refractivity contribution is -0.161. The number of esters is 3. The third-order valence-electron chi connectivity index (χ3n) is 11.7. The van der Waals surface area contributed by atoms with Crippen molar-refractivity contribution in [2.24, 2.45) is 0 Å². The first-order valence-electron chi connectivity index (χ1n) is 29.7. The average Bonchev–Trinajstić information content (AvgIpc) is 3.43. The molecule has 0 aliphatic heterocycles. The number of aliphatic hydroxyl groups is 1. The van der Waals surface area contributed by atoms with Gasteiger partial charge in [-0.3, -0.25) is 23.4 Å². The fraction of sp³-hybridized carbons (Fsp3) is 0.591. The fourth-order valence-electron chi connectivity index (χ4n) is 7.34. The average molecular weight is 1110 g/mol. The molecule has 0 aromatic carbocycles. The molecule has 0 rings (SSSR count). The number of aliphatic hydroxyl groups excluding tert-OH is 1. The summed E-state index contributed by atoms with van der Waals surface area (Å²) in [6.07, 6.45) is 75.2. The number of allylic oxidation sites excluding steroid dienone is 24. The summed E-state index contributed by atoms with van der Waals surface area (Å²) in [6, 6.07) is 0. The quantitative estimate of drug-likeness (QED) is 0.0197. The Morgan fingerprint density at radius 2 is 0.641 bits per heavy atom. The number of unbranched alkanes of at least 4 members (excludes halogenated alkanes) is 12. The van der Waals surface area contributed by atoms with Crippen LogP contribution in [0.5, 0.6) is 0 Å². The molecule has 0 aromatic heterocycles. The third kappa shape index (κ3) is 56.1. The van der Waals surface area contributed by atoms with Gasteiger partial charge in [0.2, 0.25) is 0 Å². The van der Waals surface area contributed by atoms with Crippen molar-refractivity contribution >= 4 is 25.7 Å². The zero-order valence-electron chi connectivity index (χ0n) is 48.6. The molecule has 2 N–H and O–H groups in total. The van der Waals surface area contributed by atoms with Gasteiger partial charge in [-0.05, 0) is 128 Å². The molecule has 0 heterocycles. The number of hydrogen-bond donors (Lipinski definition) is 2. The number of phosphoric ester groups is 1. The Hall–Kier alpha value is -4.64. The molecule has 0 amide bonds. The molecule has 0 saturated heterocycles. The van der Waals surface area contributed by atoms with Crippen molar-refractivity contribution in [2.75, 3.05) is 26.4 Å². The van der Waals surface area contributed by atoms with Gasteiger partial charge < -0.3 is 24.2 Å². The predicted molar refractivity (Wildman–Crippen MR) is 325 cm³/mol. The lowest BCUT2D eigenvalue weighted by atomic mass is 10.1. The van der Waals surface area contributed by atoms with E-state index in [2.05, 4.69) is 154 Å². The number of carbonyl (C=O) groups is 3. The molecule has 78 heavy (non-hydrogen) atoms. The van der Waals surface area contributed by atoms with Crippen LogP contribution in [-0.4, -0.2) is 66.5 Å². The Morgan fingerprint density at radius 3 is 1.01 bits per heavy atom. The van der Waals surface area contributed by atoms with Crippen LogP contribution in [-0.2, 0) is 42.2 Å². The van der Waals surface area contributed by atoms with Crippen LogP contribution in [0.25, 0.3) is 0 Å². The fourth-order valence-corrected chi connectivity index (χ4v) is 8.12. The van der Waals surface area contributed by atoms with Crippen LogP contribution >= 0.6 is 7.82 Å². The maximum Gasteiger partial charge on any atom is 0.472 e. The second-order valence-electron chi connectivity index (χ2n) is 19.0. The van der Waals surface area contributed by atoms with E-state index in [9.17, 15) is 28.9 Å². The Labute approximate surface area is 473 Å². The monoisotopic (exact) mass is 1100 g/mol. The molecule has 0 aromatic rings. The van der Waals surface area contributed by atoms with Crippen LogP contribution < -0.4 is 0 Å². The number of carbonyl (C=O) groups excluding carboxylic acids is 3. The molecule has 0 aliphatic carbocycles. The van der Waals surface area contributed by atoms with E-state index in [4.69, 9.17) is 23.3 Å². The molecule has 0 aliphatic rings. The summed E-state index contributed by atoms with van der Waals surface area (Å²) in [5, 5.41) is 9.84. The van der Waals surface area contributed by atoms with E-state index in [0.29, 0.717) is 25.7 Å². The highest BCUT2D eigenvalue weighted by atomic mass is 31.2. The van der Waals surface area contributed by atoms with E-state index < -0.39 is 57.8 Å². The lowest BCUT2D eigenvalue weighted by Crippen LogP contribution is -2.30. The Bertz CT molecular complexity index is 1860. The number of hydrogen-bond acceptors (Lipinski definition) is 10. The van der Waals surface area contributed by atoms with Crippen molar-refractivity contribution in [3.05, 3.63) is 146 Å². The van der Waals surface area contributed by atoms with Gasteiger partial charge in [0.15, 0.2) is 6.10 Å². The van der Waals surface area contributed by atoms with Crippen LogP contribution in [0.15, 0.2) is 146 Å². The Balaban J connectivity index is 4.86. The summed E-state index contributed by atoms with van der Waals surface area (Å²) in [6.45, 7) is 4.19. The first kappa shape index (κ1) is 73.4. The maximum atomic E-state index is 12.9. The molecule has 0 saturated carbocycles. The zero-order chi connectivity index (χ0) is 56.9. The van der Waals surface area contributed by atoms with Gasteiger partial charge >= 0.3 is 25.7 Å². The van der Waals surface area contributed by atoms with Crippen LogP contribution in [0.2, 0.25) is 0 Å². The smallest absolute Gasteiger partial charge is 0.462 e. The molecule has 0 fully saturated rings. The topological polar surface area (TPSA) is 155 Å². The highest BCUT2D eigenvalue weighted by Gasteiger charge is 2.28. The van der Waals surface area contributed by atoms with E-state index in [-0.39, 0.29) is 25.9 Å². The van der Waals surface area contributed by atoms with Gasteiger partial charge in [0.1, 0.15) is 12.7 Å². The molecule has 0 bridgehead atoms. The minimum atomic E-state index is -4.79. The van der Waals surface area contributed by atoms with E-state index in [1.54, 1.807) is 0 Å². The SMILES string of the molecule is CC/C=C\C/C=C\C/C=C\C/C=C\C/C=C\CCCC(=O)OC(COC(=O)CCCCCC/C=C\C/C=C\C/C=C\C/C=C\CC)COP(=O)(O)OCC(CO)OC(=O)CCCCCCCCC/C=C\C/C=C\C/C=C\CC. The van der Waals surface area contributed by atoms with Crippen molar-refractivity contribution in [3.63, 3.8) is 0 Å². The lowest BCUT2D eigenvalue weighted by Gasteiger charge is -2.21. The van der Waals surface area contributed by atoms with Crippen molar-refractivity contribution in [3.8, 4) is 0 Å². The maximum absolute atomic E-state index is 12.9. The second kappa shape index (κ2) is 58.5. The Kier molecular flexibility index (Phi) is 55.0. The van der Waals surface area contributed by atoms with E-state index in [1.165, 1.54) is 6.42 Å². The summed E-state index contributed by atoms with van der Waals surface area (Å²) < 4.78 is 39.5. The van der Waals surface area contributed by atoms with Crippen LogP contribution in [0, 0.1) is 0 Å². The highest BCUT2D eigenvalue weighted by Crippen LogP contribution is 2.43. The van der Waals surface area contributed by atoms with Crippen LogP contribution in [0.3, 0.4) is 0 Å². The minimum Gasteiger partial charge on any atom is -0.462 e. The van der Waals surface area contributed by atoms with E-state index in [1.807, 2.05) is 12.2 Å². The van der Waals surface area contributed by atoms with E-state index >= 15 is 0 Å². The standard InChI is InChI=1S/C66H105O11P/c1-4-7-10-13-16-19-22-25-28-31-34-37-40-43-46-49-52-55-64(68)73-59-63(77-66(70)57-54-51-48-45-42-39-36-33-30-27-24-21-18-15-12-9-6-3)61-75-78(71,72)74-60-62(58-67)76-65(69)56-53-50-47-44-41-38-35-32-29-26-23-20-17-14-11-8-5-2/h7-12,16-21,25-30,34,36-37,39,45,48,62-63,67H,4-6,13-15,22-24,31-33,35,38,40-44,46-47,49-61H2,1-3H3,(H,71,72)/b10-7-,11-8-,12-9-,19-16-,20-17-,21-18-,28-25-,29-26-,30-27-,37-34-,39-36-,48-45-. The number of rotatable bonds is 53. The van der Waals surface area contributed by atoms with Gasteiger partial charge in [-0.15, -0.1) is 0 Å². The largest absolute Gasteiger partial charge is 0.472 e. The number of ether oxygens (including phenoxy) is 3. The molecule has 11 nitrogen and oxygen atoms in total. The van der Waals surface area contributed by atoms with Gasteiger partial charge in [-0.1, -0.05) is 212 Å². The van der Waals surface area contributed by atoms with Crippen molar-refractivity contribution in [1.29, 1.82) is 0 Å². The molecule has 0 radical (unpaired) electrons. The summed E-state index contributed by atoms with van der Waals surface area (Å²) in [7, 11) is -4.79. The van der Waals surface area contributed by atoms with Crippen molar-refractivity contribution < 1.29 is 52.2 Å². The third-order valence-corrected chi connectivity index (χ3v) is 12.7. The first-order valence-corrected chi connectivity index (χ1v) is 31.2. The predicted octanol–water partition coefficient (Wildman–Crippen LogP) is 17.9. The number of phosphoric acid groups is 1. The molecule has 0 spiro atoms. The first-order chi connectivity index (χ1) is 38.2. The second-order valence-corrected chi connectivity index (χ2v) is 20.5. The molecule has 440 valence electrons. The summed E-state index contributed by atoms with van der Waals surface area (Å²) in [5.41, 5.74) is 0. The van der Waals surface area contributed by atoms with Crippen molar-refractivity contribution in [1.82, 2.24) is 0 Å². The summed E-state index contributed by atoms with van der Waals surface area (Å²) in [5.74, 6) is -1.59. The molecular formula is C66H105O11P. The summed E-state index contributed by atoms with van der Waals surface area (Å²) >= 11 is 0. The molecule has 3 unspecified atom stereocenters. The Morgan fingerprint density at radius 1 is 0.359 bits per heavy atom. The van der Waals surface area contributed by atoms with Crippen LogP contribution in [0.4, 0.5) is 0 Å². The van der Waals surface area contributed by atoms with Gasteiger partial charge in [0.25, 0.3) is 0 Å². The van der Waals surface area contributed by atoms with Crippen LogP contribution in [0.1, 0.15) is 213 Å². The molecule has 3 atom stereocenters. The summed E-state index contributed by atoms with van der Waals surface area (Å²) in [4.78, 5) is 48.6. The minimum absolute atomic E-state index is 0.0746. The zero-order valence-corrected chi connectivity index (χ0v) is 49.5. The van der Waals surface area contributed by atoms with Crippen molar-refractivity contribution in [2.45, 2.75) is 226 Å².